The molecule has 1 N–H and O–H groups in total. The van der Waals surface area contributed by atoms with Gasteiger partial charge in [0.1, 0.15) is 0 Å². The molecule has 1 aromatic rings. The molecule has 3 heteroatoms. The maximum atomic E-state index is 4.57. The van der Waals surface area contributed by atoms with Crippen LogP contribution in [-0.2, 0) is 0 Å². The van der Waals surface area contributed by atoms with Crippen molar-refractivity contribution in [2.45, 2.75) is 52.1 Å². The van der Waals surface area contributed by atoms with E-state index >= 15 is 0 Å². The van der Waals surface area contributed by atoms with Crippen molar-refractivity contribution in [1.29, 1.82) is 0 Å². The lowest BCUT2D eigenvalue weighted by molar-refractivity contribution is 0.624. The molecule has 1 unspecified atom stereocenters. The van der Waals surface area contributed by atoms with Crippen LogP contribution in [0.4, 0.5) is 5.95 Å². The minimum atomic E-state index is 0.467. The normalized spacial score (nSPS) is 27.8. The summed E-state index contributed by atoms with van der Waals surface area (Å²) in [7, 11) is 0. The van der Waals surface area contributed by atoms with E-state index in [1.165, 1.54) is 19.3 Å². The van der Waals surface area contributed by atoms with Crippen LogP contribution < -0.4 is 5.32 Å². The highest BCUT2D eigenvalue weighted by Crippen LogP contribution is 2.47. The highest BCUT2D eigenvalue weighted by molar-refractivity contribution is 5.35. The van der Waals surface area contributed by atoms with Gasteiger partial charge >= 0.3 is 0 Å². The van der Waals surface area contributed by atoms with Crippen molar-refractivity contribution in [1.82, 2.24) is 9.55 Å². The SMILES string of the molecule is Cc1cn(C2CC2)c(NC2CC2(C)C)n1. The maximum Gasteiger partial charge on any atom is 0.203 e. The van der Waals surface area contributed by atoms with Crippen LogP contribution in [0.2, 0.25) is 0 Å². The van der Waals surface area contributed by atoms with Crippen LogP contribution in [0.15, 0.2) is 6.20 Å². The summed E-state index contributed by atoms with van der Waals surface area (Å²) in [5.41, 5.74) is 1.59. The molecule has 2 fully saturated rings. The predicted molar refractivity (Wildman–Crippen MR) is 61.0 cm³/mol. The Labute approximate surface area is 90.9 Å². The van der Waals surface area contributed by atoms with Crippen LogP contribution in [0, 0.1) is 12.3 Å². The number of aryl methyl sites for hydroxylation is 1. The Morgan fingerprint density at radius 1 is 1.47 bits per heavy atom. The number of anilines is 1. The van der Waals surface area contributed by atoms with Crippen LogP contribution in [0.5, 0.6) is 0 Å². The summed E-state index contributed by atoms with van der Waals surface area (Å²) >= 11 is 0. The summed E-state index contributed by atoms with van der Waals surface area (Å²) in [6, 6.07) is 1.34. The molecule has 1 heterocycles. The van der Waals surface area contributed by atoms with Gasteiger partial charge in [0.05, 0.1) is 5.69 Å². The average molecular weight is 205 g/mol. The molecular weight excluding hydrogens is 186 g/mol. The predicted octanol–water partition coefficient (Wildman–Crippen LogP) is 2.74. The van der Waals surface area contributed by atoms with Crippen molar-refractivity contribution in [2.24, 2.45) is 5.41 Å². The summed E-state index contributed by atoms with van der Waals surface area (Å²) in [6.07, 6.45) is 6.08. The van der Waals surface area contributed by atoms with E-state index in [0.717, 1.165) is 17.7 Å². The van der Waals surface area contributed by atoms with Crippen molar-refractivity contribution in [3.05, 3.63) is 11.9 Å². The third-order valence-corrected chi connectivity index (χ3v) is 3.61. The van der Waals surface area contributed by atoms with Gasteiger partial charge in [0.25, 0.3) is 0 Å². The second-order valence-corrected chi connectivity index (χ2v) is 5.73. The van der Waals surface area contributed by atoms with Gasteiger partial charge in [-0.1, -0.05) is 13.8 Å². The van der Waals surface area contributed by atoms with Gasteiger partial charge in [-0.25, -0.2) is 4.98 Å². The molecule has 0 aliphatic heterocycles. The molecule has 0 saturated heterocycles. The second kappa shape index (κ2) is 2.77. The van der Waals surface area contributed by atoms with Gasteiger partial charge in [0.15, 0.2) is 0 Å². The zero-order chi connectivity index (χ0) is 10.6. The zero-order valence-electron chi connectivity index (χ0n) is 9.75. The number of nitrogens with one attached hydrogen (secondary N) is 1. The van der Waals surface area contributed by atoms with E-state index in [1.807, 2.05) is 0 Å². The molecule has 0 amide bonds. The van der Waals surface area contributed by atoms with Gasteiger partial charge in [-0.3, -0.25) is 0 Å². The van der Waals surface area contributed by atoms with Crippen LogP contribution >= 0.6 is 0 Å². The Bertz CT molecular complexity index is 388. The summed E-state index contributed by atoms with van der Waals surface area (Å²) < 4.78 is 2.32. The number of rotatable bonds is 3. The van der Waals surface area contributed by atoms with E-state index in [-0.39, 0.29) is 0 Å². The lowest BCUT2D eigenvalue weighted by Gasteiger charge is -2.09. The van der Waals surface area contributed by atoms with Gasteiger partial charge in [-0.2, -0.15) is 0 Å². The number of hydrogen-bond donors (Lipinski definition) is 1. The standard InChI is InChI=1S/C12H19N3/c1-8-7-15(9-4-5-9)11(13-8)14-10-6-12(10,2)3/h7,9-10H,4-6H2,1-3H3,(H,13,14). The van der Waals surface area contributed by atoms with Crippen molar-refractivity contribution in [3.8, 4) is 0 Å². The Hall–Kier alpha value is -0.990. The van der Waals surface area contributed by atoms with Gasteiger partial charge in [-0.15, -0.1) is 0 Å². The molecule has 0 bridgehead atoms. The van der Waals surface area contributed by atoms with Gasteiger partial charge < -0.3 is 9.88 Å². The van der Waals surface area contributed by atoms with Crippen molar-refractivity contribution in [3.63, 3.8) is 0 Å². The summed E-state index contributed by atoms with van der Waals surface area (Å²) in [5, 5.41) is 3.57. The zero-order valence-corrected chi connectivity index (χ0v) is 9.75. The first-order valence-corrected chi connectivity index (χ1v) is 5.88. The molecule has 2 aliphatic carbocycles. The highest BCUT2D eigenvalue weighted by atomic mass is 15.3. The van der Waals surface area contributed by atoms with E-state index < -0.39 is 0 Å². The van der Waals surface area contributed by atoms with Crippen molar-refractivity contribution >= 4 is 5.95 Å². The molecule has 1 aromatic heterocycles. The number of nitrogens with zero attached hydrogens (tertiary/aromatic N) is 2. The van der Waals surface area contributed by atoms with Crippen LogP contribution in [0.3, 0.4) is 0 Å². The molecule has 2 aliphatic rings. The average Bonchev–Trinajstić information content (AvgIpc) is 3.00. The number of aromatic nitrogens is 2. The monoisotopic (exact) mass is 205 g/mol. The first-order valence-electron chi connectivity index (χ1n) is 5.88. The van der Waals surface area contributed by atoms with Crippen LogP contribution in [-0.4, -0.2) is 15.6 Å². The fraction of sp³-hybridized carbons (Fsp3) is 0.750. The Kier molecular flexibility index (Phi) is 1.71. The topological polar surface area (TPSA) is 29.9 Å². The minimum Gasteiger partial charge on any atom is -0.352 e. The molecule has 3 rings (SSSR count). The third-order valence-electron chi connectivity index (χ3n) is 3.61. The Morgan fingerprint density at radius 3 is 2.67 bits per heavy atom. The quantitative estimate of drug-likeness (QED) is 0.822. The molecule has 0 radical (unpaired) electrons. The third kappa shape index (κ3) is 1.64. The molecule has 0 spiro atoms. The molecule has 82 valence electrons. The van der Waals surface area contributed by atoms with Gasteiger partial charge in [-0.05, 0) is 31.6 Å². The summed E-state index contributed by atoms with van der Waals surface area (Å²) in [6.45, 7) is 6.69. The first kappa shape index (κ1) is 9.25. The summed E-state index contributed by atoms with van der Waals surface area (Å²) in [5.74, 6) is 1.09. The number of imidazole rings is 1. The van der Waals surface area contributed by atoms with Crippen LogP contribution in [0.25, 0.3) is 0 Å². The van der Waals surface area contributed by atoms with E-state index in [9.17, 15) is 0 Å². The lowest BCUT2D eigenvalue weighted by Crippen LogP contribution is -2.12. The first-order chi connectivity index (χ1) is 7.06. The number of hydrogen-bond acceptors (Lipinski definition) is 2. The smallest absolute Gasteiger partial charge is 0.203 e. The minimum absolute atomic E-state index is 0.467. The molecule has 0 aromatic carbocycles. The molecular formula is C12H19N3. The fourth-order valence-electron chi connectivity index (χ4n) is 2.12. The Morgan fingerprint density at radius 2 is 2.13 bits per heavy atom. The largest absolute Gasteiger partial charge is 0.352 e. The van der Waals surface area contributed by atoms with Gasteiger partial charge in [0, 0.05) is 18.3 Å². The van der Waals surface area contributed by atoms with Gasteiger partial charge in [0.2, 0.25) is 5.95 Å². The van der Waals surface area contributed by atoms with E-state index in [4.69, 9.17) is 0 Å². The molecule has 2 saturated carbocycles. The van der Waals surface area contributed by atoms with E-state index in [2.05, 4.69) is 41.8 Å². The maximum absolute atomic E-state index is 4.57. The van der Waals surface area contributed by atoms with Crippen molar-refractivity contribution < 1.29 is 0 Å². The van der Waals surface area contributed by atoms with E-state index in [0.29, 0.717) is 11.5 Å². The Balaban J connectivity index is 1.79. The summed E-state index contributed by atoms with van der Waals surface area (Å²) in [4.78, 5) is 4.57. The fourth-order valence-corrected chi connectivity index (χ4v) is 2.12. The van der Waals surface area contributed by atoms with Crippen molar-refractivity contribution in [2.75, 3.05) is 5.32 Å². The molecule has 1 atom stereocenters. The molecule has 3 nitrogen and oxygen atoms in total. The van der Waals surface area contributed by atoms with Crippen LogP contribution in [0.1, 0.15) is 44.8 Å². The van der Waals surface area contributed by atoms with E-state index in [1.54, 1.807) is 0 Å². The molecule has 15 heavy (non-hydrogen) atoms. The lowest BCUT2D eigenvalue weighted by atomic mass is 10.2. The second-order valence-electron chi connectivity index (χ2n) is 5.73. The highest BCUT2D eigenvalue weighted by Gasteiger charge is 2.46.